The third-order valence-corrected chi connectivity index (χ3v) is 3.60. The second-order valence-electron chi connectivity index (χ2n) is 3.73. The van der Waals surface area contributed by atoms with Crippen LogP contribution in [0.25, 0.3) is 0 Å². The predicted molar refractivity (Wildman–Crippen MR) is 72.6 cm³/mol. The van der Waals surface area contributed by atoms with Gasteiger partial charge in [-0.2, -0.15) is 0 Å². The zero-order valence-electron chi connectivity index (χ0n) is 9.55. The number of thiazole rings is 1. The highest BCUT2D eigenvalue weighted by molar-refractivity contribution is 7.09. The Balaban J connectivity index is 2.28. The molecule has 0 fully saturated rings. The predicted octanol–water partition coefficient (Wildman–Crippen LogP) is 3.67. The molecular weight excluding hydrogens is 272 g/mol. The van der Waals surface area contributed by atoms with Crippen LogP contribution in [0.1, 0.15) is 28.3 Å². The number of carboxylic acid groups (broad SMARTS) is 1. The second-order valence-corrected chi connectivity index (χ2v) is 5.09. The Morgan fingerprint density at radius 2 is 2.33 bits per heavy atom. The van der Waals surface area contributed by atoms with E-state index in [1.807, 2.05) is 12.3 Å². The van der Waals surface area contributed by atoms with Crippen LogP contribution >= 0.6 is 22.9 Å². The Morgan fingerprint density at radius 3 is 2.94 bits per heavy atom. The summed E-state index contributed by atoms with van der Waals surface area (Å²) in [6.07, 6.45) is 1.72. The molecule has 0 radical (unpaired) electrons. The van der Waals surface area contributed by atoms with E-state index in [1.165, 1.54) is 17.4 Å². The first-order valence-corrected chi connectivity index (χ1v) is 6.52. The normalized spacial score (nSPS) is 12.1. The first-order valence-electron chi connectivity index (χ1n) is 5.26. The SMILES string of the molecule is CC(Nc1cc(Cl)ccc1C(=O)O)c1nccs1. The summed E-state index contributed by atoms with van der Waals surface area (Å²) in [5.74, 6) is -0.986. The average molecular weight is 283 g/mol. The number of halogens is 1. The summed E-state index contributed by atoms with van der Waals surface area (Å²) in [7, 11) is 0. The van der Waals surface area contributed by atoms with Crippen molar-refractivity contribution in [2.24, 2.45) is 0 Å². The molecule has 0 spiro atoms. The maximum atomic E-state index is 11.1. The number of carboxylic acids is 1. The van der Waals surface area contributed by atoms with Crippen molar-refractivity contribution in [3.05, 3.63) is 45.4 Å². The van der Waals surface area contributed by atoms with Crippen LogP contribution in [0.15, 0.2) is 29.8 Å². The van der Waals surface area contributed by atoms with Gasteiger partial charge < -0.3 is 10.4 Å². The Labute approximate surface area is 113 Å². The van der Waals surface area contributed by atoms with Crippen LogP contribution in [0.5, 0.6) is 0 Å². The smallest absolute Gasteiger partial charge is 0.337 e. The second kappa shape index (κ2) is 5.37. The third kappa shape index (κ3) is 2.80. The maximum Gasteiger partial charge on any atom is 0.337 e. The minimum Gasteiger partial charge on any atom is -0.478 e. The summed E-state index contributed by atoms with van der Waals surface area (Å²) >= 11 is 7.40. The van der Waals surface area contributed by atoms with Gasteiger partial charge in [0.25, 0.3) is 0 Å². The van der Waals surface area contributed by atoms with Gasteiger partial charge in [-0.25, -0.2) is 9.78 Å². The van der Waals surface area contributed by atoms with Gasteiger partial charge in [0.05, 0.1) is 17.3 Å². The standard InChI is InChI=1S/C12H11ClN2O2S/c1-7(11-14-4-5-18-11)15-10-6-8(13)2-3-9(10)12(16)17/h2-7,15H,1H3,(H,16,17). The molecular formula is C12H11ClN2O2S. The van der Waals surface area contributed by atoms with E-state index >= 15 is 0 Å². The number of aromatic carboxylic acids is 1. The van der Waals surface area contributed by atoms with E-state index in [9.17, 15) is 4.79 Å². The number of benzene rings is 1. The number of aromatic nitrogens is 1. The van der Waals surface area contributed by atoms with E-state index < -0.39 is 5.97 Å². The number of carbonyl (C=O) groups is 1. The van der Waals surface area contributed by atoms with Gasteiger partial charge in [0.15, 0.2) is 0 Å². The average Bonchev–Trinajstić information content (AvgIpc) is 2.81. The summed E-state index contributed by atoms with van der Waals surface area (Å²) in [5, 5.41) is 15.5. The molecule has 1 aromatic carbocycles. The molecule has 1 aromatic heterocycles. The van der Waals surface area contributed by atoms with E-state index in [4.69, 9.17) is 16.7 Å². The van der Waals surface area contributed by atoms with Crippen LogP contribution in [0.4, 0.5) is 5.69 Å². The summed E-state index contributed by atoms with van der Waals surface area (Å²) in [6, 6.07) is 4.59. The van der Waals surface area contributed by atoms with Crippen LogP contribution in [0.3, 0.4) is 0 Å². The largest absolute Gasteiger partial charge is 0.478 e. The molecule has 1 unspecified atom stereocenters. The van der Waals surface area contributed by atoms with Crippen molar-refractivity contribution < 1.29 is 9.90 Å². The number of nitrogens with zero attached hydrogens (tertiary/aromatic N) is 1. The molecule has 94 valence electrons. The summed E-state index contributed by atoms with van der Waals surface area (Å²) in [5.41, 5.74) is 0.695. The van der Waals surface area contributed by atoms with Crippen molar-refractivity contribution >= 4 is 34.6 Å². The maximum absolute atomic E-state index is 11.1. The van der Waals surface area contributed by atoms with E-state index in [-0.39, 0.29) is 11.6 Å². The minimum absolute atomic E-state index is 0.0680. The lowest BCUT2D eigenvalue weighted by atomic mass is 10.1. The van der Waals surface area contributed by atoms with Crippen molar-refractivity contribution in [3.63, 3.8) is 0 Å². The highest BCUT2D eigenvalue weighted by Gasteiger charge is 2.14. The highest BCUT2D eigenvalue weighted by atomic mass is 35.5. The highest BCUT2D eigenvalue weighted by Crippen LogP contribution is 2.26. The fourth-order valence-corrected chi connectivity index (χ4v) is 2.38. The van der Waals surface area contributed by atoms with Crippen LogP contribution in [-0.4, -0.2) is 16.1 Å². The van der Waals surface area contributed by atoms with Gasteiger partial charge in [-0.3, -0.25) is 0 Å². The number of nitrogens with one attached hydrogen (secondary N) is 1. The molecule has 0 aliphatic heterocycles. The summed E-state index contributed by atoms with van der Waals surface area (Å²) in [4.78, 5) is 15.3. The zero-order valence-corrected chi connectivity index (χ0v) is 11.1. The van der Waals surface area contributed by atoms with Crippen molar-refractivity contribution in [2.45, 2.75) is 13.0 Å². The molecule has 1 heterocycles. The minimum atomic E-state index is -0.986. The van der Waals surface area contributed by atoms with Gasteiger partial charge in [0, 0.05) is 16.6 Å². The van der Waals surface area contributed by atoms with Gasteiger partial charge in [-0.1, -0.05) is 11.6 Å². The van der Waals surface area contributed by atoms with E-state index in [2.05, 4.69) is 10.3 Å². The topological polar surface area (TPSA) is 62.2 Å². The Hall–Kier alpha value is -1.59. The molecule has 0 saturated heterocycles. The molecule has 2 aromatic rings. The van der Waals surface area contributed by atoms with Crippen molar-refractivity contribution in [1.29, 1.82) is 0 Å². The summed E-state index contributed by atoms with van der Waals surface area (Å²) < 4.78 is 0. The van der Waals surface area contributed by atoms with Gasteiger partial charge in [-0.05, 0) is 25.1 Å². The molecule has 0 amide bonds. The van der Waals surface area contributed by atoms with Gasteiger partial charge in [0.1, 0.15) is 5.01 Å². The fourth-order valence-electron chi connectivity index (χ4n) is 1.57. The lowest BCUT2D eigenvalue weighted by Crippen LogP contribution is -2.10. The van der Waals surface area contributed by atoms with E-state index in [1.54, 1.807) is 18.3 Å². The summed E-state index contributed by atoms with van der Waals surface area (Å²) in [6.45, 7) is 1.92. The number of hydrogen-bond donors (Lipinski definition) is 2. The van der Waals surface area contributed by atoms with Crippen LogP contribution in [0, 0.1) is 0 Å². The molecule has 0 aliphatic carbocycles. The fraction of sp³-hybridized carbons (Fsp3) is 0.167. The molecule has 4 nitrogen and oxygen atoms in total. The molecule has 6 heteroatoms. The van der Waals surface area contributed by atoms with Crippen molar-refractivity contribution in [1.82, 2.24) is 4.98 Å². The van der Waals surface area contributed by atoms with E-state index in [0.29, 0.717) is 10.7 Å². The molecule has 2 N–H and O–H groups in total. The molecule has 0 bridgehead atoms. The van der Waals surface area contributed by atoms with Gasteiger partial charge in [-0.15, -0.1) is 11.3 Å². The van der Waals surface area contributed by atoms with E-state index in [0.717, 1.165) is 5.01 Å². The number of anilines is 1. The van der Waals surface area contributed by atoms with Gasteiger partial charge >= 0.3 is 5.97 Å². The Bertz CT molecular complexity index is 557. The Morgan fingerprint density at radius 1 is 1.56 bits per heavy atom. The third-order valence-electron chi connectivity index (χ3n) is 2.41. The van der Waals surface area contributed by atoms with Crippen LogP contribution in [0.2, 0.25) is 5.02 Å². The first-order chi connectivity index (χ1) is 8.58. The molecule has 1 atom stereocenters. The lowest BCUT2D eigenvalue weighted by Gasteiger charge is -2.15. The number of rotatable bonds is 4. The Kier molecular flexibility index (Phi) is 3.84. The van der Waals surface area contributed by atoms with Crippen LogP contribution in [-0.2, 0) is 0 Å². The van der Waals surface area contributed by atoms with Crippen molar-refractivity contribution in [2.75, 3.05) is 5.32 Å². The molecule has 18 heavy (non-hydrogen) atoms. The lowest BCUT2D eigenvalue weighted by molar-refractivity contribution is 0.0698. The van der Waals surface area contributed by atoms with Crippen LogP contribution < -0.4 is 5.32 Å². The number of hydrogen-bond acceptors (Lipinski definition) is 4. The molecule has 2 rings (SSSR count). The molecule has 0 saturated carbocycles. The first kappa shape index (κ1) is 12.9. The molecule has 0 aliphatic rings. The van der Waals surface area contributed by atoms with Gasteiger partial charge in [0.2, 0.25) is 0 Å². The zero-order chi connectivity index (χ0) is 13.1. The quantitative estimate of drug-likeness (QED) is 0.898. The monoisotopic (exact) mass is 282 g/mol. The van der Waals surface area contributed by atoms with Crippen molar-refractivity contribution in [3.8, 4) is 0 Å².